The quantitative estimate of drug-likeness (QED) is 0.357. The van der Waals surface area contributed by atoms with Crippen molar-refractivity contribution in [3.63, 3.8) is 0 Å². The van der Waals surface area contributed by atoms with Crippen molar-refractivity contribution < 1.29 is 14.3 Å². The molecule has 4 aromatic rings. The van der Waals surface area contributed by atoms with E-state index in [0.717, 1.165) is 42.9 Å². The number of nitrogens with zero attached hydrogens (tertiary/aromatic N) is 4. The van der Waals surface area contributed by atoms with Gasteiger partial charge in [-0.25, -0.2) is 4.79 Å². The van der Waals surface area contributed by atoms with Crippen LogP contribution in [0.1, 0.15) is 55.3 Å². The summed E-state index contributed by atoms with van der Waals surface area (Å²) in [6.45, 7) is 4.05. The van der Waals surface area contributed by atoms with E-state index >= 15 is 0 Å². The van der Waals surface area contributed by atoms with Crippen LogP contribution in [-0.4, -0.2) is 46.8 Å². The van der Waals surface area contributed by atoms with Crippen molar-refractivity contribution in [2.24, 2.45) is 5.41 Å². The van der Waals surface area contributed by atoms with Gasteiger partial charge in [-0.3, -0.25) is 4.79 Å². The summed E-state index contributed by atoms with van der Waals surface area (Å²) in [5.41, 5.74) is 4.35. The van der Waals surface area contributed by atoms with E-state index in [2.05, 4.69) is 21.9 Å². The molecule has 39 heavy (non-hydrogen) atoms. The number of fused-ring (bicyclic) bond motifs is 1. The van der Waals surface area contributed by atoms with Crippen molar-refractivity contribution in [1.82, 2.24) is 9.55 Å². The van der Waals surface area contributed by atoms with E-state index in [-0.39, 0.29) is 5.56 Å². The van der Waals surface area contributed by atoms with Crippen LogP contribution < -0.4 is 15.2 Å². The Hall–Kier alpha value is -4.07. The van der Waals surface area contributed by atoms with Gasteiger partial charge in [0.1, 0.15) is 11.1 Å². The van der Waals surface area contributed by atoms with Gasteiger partial charge in [-0.15, -0.1) is 0 Å². The lowest BCUT2D eigenvalue weighted by molar-refractivity contribution is 0.0695. The zero-order valence-corrected chi connectivity index (χ0v) is 21.9. The lowest BCUT2D eigenvalue weighted by Crippen LogP contribution is -2.24. The Morgan fingerprint density at radius 1 is 0.872 bits per heavy atom. The molecule has 1 N–H and O–H groups in total. The van der Waals surface area contributed by atoms with Crippen LogP contribution in [0.5, 0.6) is 0 Å². The fourth-order valence-corrected chi connectivity index (χ4v) is 6.77. The van der Waals surface area contributed by atoms with Crippen LogP contribution in [0.4, 0.5) is 11.7 Å². The third kappa shape index (κ3) is 4.28. The number of anilines is 2. The molecule has 0 unspecified atom stereocenters. The molecule has 0 amide bonds. The smallest absolute Gasteiger partial charge is 0.341 e. The molecule has 1 aliphatic carbocycles. The molecule has 0 atom stereocenters. The zero-order chi connectivity index (χ0) is 26.6. The summed E-state index contributed by atoms with van der Waals surface area (Å²) in [5.74, 6) is -1.25. The molecule has 1 saturated carbocycles. The minimum atomic E-state index is -1.25. The van der Waals surface area contributed by atoms with Gasteiger partial charge in [0.2, 0.25) is 0 Å². The standard InChI is InChI=1S/C31H32N4O4/c36-27-18-26(21-5-7-22(8-6-21)33-14-3-4-15-33)35(19-24(27)29(37)38)23-9-10-25-28(17-23)39-30(32-25)34-16-13-31(20-34)11-1-2-12-31/h5-10,17-19H,1-4,11-16,20H2,(H,37,38). The first-order valence-corrected chi connectivity index (χ1v) is 14.0. The number of carboxylic acids is 1. The summed E-state index contributed by atoms with van der Waals surface area (Å²) in [4.78, 5) is 34.0. The van der Waals surface area contributed by atoms with Crippen LogP contribution in [0.25, 0.3) is 28.0 Å². The van der Waals surface area contributed by atoms with Gasteiger partial charge in [0, 0.05) is 55.9 Å². The number of hydrogen-bond acceptors (Lipinski definition) is 6. The van der Waals surface area contributed by atoms with Crippen LogP contribution in [0.15, 0.2) is 63.9 Å². The number of aromatic nitrogens is 2. The Morgan fingerprint density at radius 2 is 1.62 bits per heavy atom. The number of aromatic carboxylic acids is 1. The van der Waals surface area contributed by atoms with Crippen molar-refractivity contribution in [2.45, 2.75) is 44.9 Å². The van der Waals surface area contributed by atoms with E-state index < -0.39 is 11.4 Å². The molecule has 3 fully saturated rings. The molecule has 2 saturated heterocycles. The number of carboxylic acid groups (broad SMARTS) is 1. The Balaban J connectivity index is 1.26. The summed E-state index contributed by atoms with van der Waals surface area (Å²) < 4.78 is 8.02. The molecule has 2 aromatic heterocycles. The highest BCUT2D eigenvalue weighted by atomic mass is 16.4. The van der Waals surface area contributed by atoms with Crippen molar-refractivity contribution in [3.8, 4) is 16.9 Å². The number of benzene rings is 2. The van der Waals surface area contributed by atoms with E-state index in [1.165, 1.54) is 57.2 Å². The predicted octanol–water partition coefficient (Wildman–Crippen LogP) is 5.71. The highest BCUT2D eigenvalue weighted by molar-refractivity contribution is 5.88. The van der Waals surface area contributed by atoms with Gasteiger partial charge in [-0.2, -0.15) is 4.98 Å². The Bertz CT molecular complexity index is 1610. The molecular formula is C31H32N4O4. The number of oxazole rings is 1. The molecule has 0 radical (unpaired) electrons. The third-order valence-corrected chi connectivity index (χ3v) is 8.93. The first-order chi connectivity index (χ1) is 19.0. The minimum absolute atomic E-state index is 0.273. The highest BCUT2D eigenvalue weighted by Gasteiger charge is 2.41. The lowest BCUT2D eigenvalue weighted by atomic mass is 9.86. The third-order valence-electron chi connectivity index (χ3n) is 8.93. The molecule has 3 aliphatic rings. The zero-order valence-electron chi connectivity index (χ0n) is 21.9. The van der Waals surface area contributed by atoms with Crippen LogP contribution in [0.3, 0.4) is 0 Å². The van der Waals surface area contributed by atoms with Gasteiger partial charge < -0.3 is 23.9 Å². The van der Waals surface area contributed by atoms with E-state index in [9.17, 15) is 14.7 Å². The summed E-state index contributed by atoms with van der Waals surface area (Å²) >= 11 is 0. The van der Waals surface area contributed by atoms with Crippen molar-refractivity contribution in [1.29, 1.82) is 0 Å². The predicted molar refractivity (Wildman–Crippen MR) is 151 cm³/mol. The number of carbonyl (C=O) groups is 1. The Morgan fingerprint density at radius 3 is 2.36 bits per heavy atom. The maximum atomic E-state index is 12.7. The average molecular weight is 525 g/mol. The molecule has 0 bridgehead atoms. The fraction of sp³-hybridized carbons (Fsp3) is 0.387. The monoisotopic (exact) mass is 524 g/mol. The maximum Gasteiger partial charge on any atom is 0.341 e. The normalized spacial score (nSPS) is 18.6. The second-order valence-corrected chi connectivity index (χ2v) is 11.4. The Kier molecular flexibility index (Phi) is 5.72. The fourth-order valence-electron chi connectivity index (χ4n) is 6.77. The summed E-state index contributed by atoms with van der Waals surface area (Å²) in [6.07, 6.45) is 10.2. The SMILES string of the molecule is O=C(O)c1cn(-c2ccc3nc(N4CCC5(CCCC5)C4)oc3c2)c(-c2ccc(N3CCCC3)cc2)cc1=O. The van der Waals surface area contributed by atoms with Crippen LogP contribution in [0.2, 0.25) is 0 Å². The highest BCUT2D eigenvalue weighted by Crippen LogP contribution is 2.46. The molecular weight excluding hydrogens is 492 g/mol. The summed E-state index contributed by atoms with van der Waals surface area (Å²) in [7, 11) is 0. The number of rotatable bonds is 5. The van der Waals surface area contributed by atoms with Crippen LogP contribution >= 0.6 is 0 Å². The van der Waals surface area contributed by atoms with Gasteiger partial charge in [-0.1, -0.05) is 25.0 Å². The topological polar surface area (TPSA) is 91.8 Å². The van der Waals surface area contributed by atoms with Gasteiger partial charge in [0.15, 0.2) is 11.0 Å². The van der Waals surface area contributed by atoms with Gasteiger partial charge in [0.25, 0.3) is 6.01 Å². The molecule has 4 heterocycles. The van der Waals surface area contributed by atoms with E-state index in [1.54, 1.807) is 4.57 Å². The summed E-state index contributed by atoms with van der Waals surface area (Å²) in [5, 5.41) is 9.69. The minimum Gasteiger partial charge on any atom is -0.477 e. The second kappa shape index (κ2) is 9.29. The van der Waals surface area contributed by atoms with Crippen LogP contribution in [-0.2, 0) is 0 Å². The Labute approximate surface area is 226 Å². The molecule has 8 heteroatoms. The molecule has 8 nitrogen and oxygen atoms in total. The number of hydrogen-bond donors (Lipinski definition) is 1. The van der Waals surface area contributed by atoms with E-state index in [4.69, 9.17) is 9.40 Å². The average Bonchev–Trinajstić information content (AvgIpc) is 3.76. The van der Waals surface area contributed by atoms with Crippen LogP contribution in [0, 0.1) is 5.41 Å². The molecule has 7 rings (SSSR count). The van der Waals surface area contributed by atoms with E-state index in [1.807, 2.05) is 30.3 Å². The first-order valence-electron chi connectivity index (χ1n) is 14.0. The summed E-state index contributed by atoms with van der Waals surface area (Å²) in [6, 6.07) is 15.9. The molecule has 1 spiro atoms. The first kappa shape index (κ1) is 24.0. The second-order valence-electron chi connectivity index (χ2n) is 11.4. The largest absolute Gasteiger partial charge is 0.477 e. The molecule has 2 aromatic carbocycles. The van der Waals surface area contributed by atoms with Crippen molar-refractivity contribution in [2.75, 3.05) is 36.0 Å². The maximum absolute atomic E-state index is 12.7. The molecule has 200 valence electrons. The van der Waals surface area contributed by atoms with Gasteiger partial charge in [-0.05, 0) is 67.3 Å². The van der Waals surface area contributed by atoms with E-state index in [0.29, 0.717) is 28.4 Å². The van der Waals surface area contributed by atoms with Crippen molar-refractivity contribution in [3.05, 3.63) is 70.5 Å². The van der Waals surface area contributed by atoms with Gasteiger partial charge in [0.05, 0.1) is 5.69 Å². The molecule has 2 aliphatic heterocycles. The number of pyridine rings is 1. The lowest BCUT2D eigenvalue weighted by Gasteiger charge is -2.22. The van der Waals surface area contributed by atoms with Crippen molar-refractivity contribution >= 4 is 28.8 Å². The van der Waals surface area contributed by atoms with Gasteiger partial charge >= 0.3 is 5.97 Å².